The van der Waals surface area contributed by atoms with Gasteiger partial charge in [0.1, 0.15) is 13.2 Å². The molecule has 3 unspecified atom stereocenters. The summed E-state index contributed by atoms with van der Waals surface area (Å²) in [5.41, 5.74) is 0. The standard InChI is InChI=1S/C70H131N2O6P/c1-6-8-10-12-14-16-18-20-22-24-26-28-30-32-33-34-35-36-37-38-40-41-43-45-47-49-51-53-55-57-59-61-63-69(73)68(67-78-79(75,76)77-66-65-72(3,4)5)71-70(74)64-62-60-58-56-54-52-50-48-46-44-42-39-31-29-27-25-23-21-19-17-15-13-11-9-7-2/h9,11,15,17,21,23,27,29,39,42,46,48,68-69,73H,6-8,10,12-14,16,18-20,22,24-26,28,30-38,40-41,43-45,47,49-67H2,1-5H3,(H-,71,74,75,76)/b11-9-,17-15-,23-21-,29-27-,42-39-,48-46-. The highest BCUT2D eigenvalue weighted by Gasteiger charge is 2.24. The van der Waals surface area contributed by atoms with Gasteiger partial charge < -0.3 is 28.8 Å². The number of allylic oxidation sites excluding steroid dienone is 12. The van der Waals surface area contributed by atoms with Gasteiger partial charge in [-0.1, -0.05) is 318 Å². The van der Waals surface area contributed by atoms with E-state index in [2.05, 4.69) is 92.1 Å². The Balaban J connectivity index is 4.08. The highest BCUT2D eigenvalue weighted by molar-refractivity contribution is 7.45. The van der Waals surface area contributed by atoms with E-state index in [1.165, 1.54) is 199 Å². The number of carbonyl (C=O) groups is 1. The molecule has 0 aromatic rings. The number of aliphatic hydroxyl groups is 1. The third-order valence-electron chi connectivity index (χ3n) is 15.2. The lowest BCUT2D eigenvalue weighted by atomic mass is 10.0. The summed E-state index contributed by atoms with van der Waals surface area (Å²) in [4.78, 5) is 25.6. The first-order valence-electron chi connectivity index (χ1n) is 33.8. The van der Waals surface area contributed by atoms with Crippen LogP contribution in [0, 0.1) is 0 Å². The molecular weight excluding hydrogens is 996 g/mol. The average Bonchev–Trinajstić information content (AvgIpc) is 3.42. The Bertz CT molecular complexity index is 1520. The summed E-state index contributed by atoms with van der Waals surface area (Å²) >= 11 is 0. The Hall–Kier alpha value is -2.06. The fourth-order valence-corrected chi connectivity index (χ4v) is 10.7. The second-order valence-electron chi connectivity index (χ2n) is 24.2. The molecule has 0 saturated heterocycles. The van der Waals surface area contributed by atoms with Crippen molar-refractivity contribution in [1.82, 2.24) is 5.32 Å². The van der Waals surface area contributed by atoms with Crippen LogP contribution in [0.15, 0.2) is 72.9 Å². The van der Waals surface area contributed by atoms with E-state index in [4.69, 9.17) is 9.05 Å². The third-order valence-corrected chi connectivity index (χ3v) is 16.2. The molecule has 462 valence electrons. The zero-order valence-electron chi connectivity index (χ0n) is 52.8. The van der Waals surface area contributed by atoms with Crippen LogP contribution in [-0.2, 0) is 18.4 Å². The number of nitrogens with zero attached hydrogens (tertiary/aromatic N) is 1. The second-order valence-corrected chi connectivity index (χ2v) is 25.6. The minimum atomic E-state index is -4.59. The molecule has 0 aliphatic heterocycles. The maximum absolute atomic E-state index is 13.0. The van der Waals surface area contributed by atoms with E-state index >= 15 is 0 Å². The van der Waals surface area contributed by atoms with Gasteiger partial charge in [0.25, 0.3) is 7.82 Å². The summed E-state index contributed by atoms with van der Waals surface area (Å²) in [6.07, 6.45) is 84.0. The molecule has 1 amide bonds. The molecule has 0 radical (unpaired) electrons. The fourth-order valence-electron chi connectivity index (χ4n) is 9.99. The van der Waals surface area contributed by atoms with Crippen LogP contribution in [0.4, 0.5) is 0 Å². The van der Waals surface area contributed by atoms with Gasteiger partial charge in [0, 0.05) is 6.42 Å². The molecule has 8 nitrogen and oxygen atoms in total. The number of hydrogen-bond acceptors (Lipinski definition) is 6. The Labute approximate surface area is 491 Å². The number of hydrogen-bond donors (Lipinski definition) is 2. The monoisotopic (exact) mass is 1130 g/mol. The molecule has 0 saturated carbocycles. The van der Waals surface area contributed by atoms with E-state index in [1.54, 1.807) is 0 Å². The van der Waals surface area contributed by atoms with Gasteiger partial charge in [0.05, 0.1) is 39.9 Å². The molecule has 0 aliphatic rings. The van der Waals surface area contributed by atoms with Crippen molar-refractivity contribution in [2.24, 2.45) is 0 Å². The molecule has 0 bridgehead atoms. The normalized spacial score (nSPS) is 14.2. The van der Waals surface area contributed by atoms with Gasteiger partial charge in [0.2, 0.25) is 5.91 Å². The number of rotatable bonds is 62. The smallest absolute Gasteiger partial charge is 0.268 e. The summed E-state index contributed by atoms with van der Waals surface area (Å²) in [6.45, 7) is 4.63. The first kappa shape index (κ1) is 76.9. The predicted molar refractivity (Wildman–Crippen MR) is 344 cm³/mol. The molecule has 0 rings (SSSR count). The number of likely N-dealkylation sites (N-methyl/N-ethyl adjacent to an activating group) is 1. The van der Waals surface area contributed by atoms with Crippen molar-refractivity contribution >= 4 is 13.7 Å². The van der Waals surface area contributed by atoms with Crippen LogP contribution in [0.25, 0.3) is 0 Å². The number of amides is 1. The van der Waals surface area contributed by atoms with Crippen molar-refractivity contribution in [3.8, 4) is 0 Å². The lowest BCUT2D eigenvalue weighted by Crippen LogP contribution is -2.46. The van der Waals surface area contributed by atoms with E-state index in [9.17, 15) is 19.4 Å². The molecule has 0 heterocycles. The van der Waals surface area contributed by atoms with Crippen LogP contribution in [0.5, 0.6) is 0 Å². The first-order chi connectivity index (χ1) is 38.5. The number of quaternary nitrogens is 1. The summed E-state index contributed by atoms with van der Waals surface area (Å²) < 4.78 is 23.5. The average molecular weight is 1130 g/mol. The summed E-state index contributed by atoms with van der Waals surface area (Å²) in [5.74, 6) is -0.178. The van der Waals surface area contributed by atoms with Crippen molar-refractivity contribution in [3.05, 3.63) is 72.9 Å². The number of phosphoric ester groups is 1. The highest BCUT2D eigenvalue weighted by Crippen LogP contribution is 2.38. The maximum atomic E-state index is 13.0. The maximum Gasteiger partial charge on any atom is 0.268 e. The summed E-state index contributed by atoms with van der Waals surface area (Å²) in [5, 5.41) is 14.1. The minimum absolute atomic E-state index is 0.00602. The van der Waals surface area contributed by atoms with E-state index in [0.717, 1.165) is 89.9 Å². The SMILES string of the molecule is CC/C=C\C/C=C\C/C=C\C/C=C\C/C=C\C/C=C\CCCCCCCCC(=O)NC(COP(=O)([O-])OCC[N+](C)(C)C)C(O)CCCCCCCCCCCCCCCCCCCCCCCCCCCCCCCCCC. The molecule has 3 atom stereocenters. The first-order valence-corrected chi connectivity index (χ1v) is 35.2. The molecule has 0 spiro atoms. The number of nitrogens with one attached hydrogen (secondary N) is 1. The van der Waals surface area contributed by atoms with Gasteiger partial charge in [0.15, 0.2) is 0 Å². The van der Waals surface area contributed by atoms with Gasteiger partial charge >= 0.3 is 0 Å². The van der Waals surface area contributed by atoms with Crippen LogP contribution in [-0.4, -0.2) is 68.5 Å². The third kappa shape index (κ3) is 63.4. The van der Waals surface area contributed by atoms with Crippen molar-refractivity contribution in [2.75, 3.05) is 40.9 Å². The summed E-state index contributed by atoms with van der Waals surface area (Å²) in [7, 11) is 1.29. The van der Waals surface area contributed by atoms with Crippen LogP contribution in [0.2, 0.25) is 0 Å². The van der Waals surface area contributed by atoms with Gasteiger partial charge in [-0.05, 0) is 64.2 Å². The molecule has 2 N–H and O–H groups in total. The Morgan fingerprint density at radius 3 is 1.13 bits per heavy atom. The van der Waals surface area contributed by atoms with Crippen LogP contribution < -0.4 is 10.2 Å². The number of unbranched alkanes of at least 4 members (excludes halogenated alkanes) is 37. The van der Waals surface area contributed by atoms with Crippen LogP contribution in [0.3, 0.4) is 0 Å². The Morgan fingerprint density at radius 2 is 0.772 bits per heavy atom. The molecule has 9 heteroatoms. The van der Waals surface area contributed by atoms with E-state index in [-0.39, 0.29) is 19.1 Å². The second kappa shape index (κ2) is 60.5. The largest absolute Gasteiger partial charge is 0.756 e. The van der Waals surface area contributed by atoms with E-state index in [1.807, 2.05) is 21.1 Å². The zero-order valence-corrected chi connectivity index (χ0v) is 53.7. The van der Waals surface area contributed by atoms with Gasteiger partial charge in [-0.15, -0.1) is 0 Å². The van der Waals surface area contributed by atoms with Crippen molar-refractivity contribution in [1.29, 1.82) is 0 Å². The lowest BCUT2D eigenvalue weighted by molar-refractivity contribution is -0.870. The zero-order chi connectivity index (χ0) is 57.7. The topological polar surface area (TPSA) is 108 Å². The molecular formula is C70H131N2O6P. The van der Waals surface area contributed by atoms with Gasteiger partial charge in [-0.2, -0.15) is 0 Å². The predicted octanol–water partition coefficient (Wildman–Crippen LogP) is 20.8. The van der Waals surface area contributed by atoms with Crippen LogP contribution in [0.1, 0.15) is 316 Å². The minimum Gasteiger partial charge on any atom is -0.756 e. The van der Waals surface area contributed by atoms with E-state index in [0.29, 0.717) is 23.9 Å². The van der Waals surface area contributed by atoms with Crippen LogP contribution >= 0.6 is 7.82 Å². The Kier molecular flexibility index (Phi) is 59.0. The molecule has 0 aromatic carbocycles. The number of carbonyl (C=O) groups excluding carboxylic acids is 1. The van der Waals surface area contributed by atoms with Gasteiger partial charge in [-0.3, -0.25) is 9.36 Å². The lowest BCUT2D eigenvalue weighted by Gasteiger charge is -2.30. The Morgan fingerprint density at radius 1 is 0.456 bits per heavy atom. The molecule has 79 heavy (non-hydrogen) atoms. The highest BCUT2D eigenvalue weighted by atomic mass is 31.2. The quantitative estimate of drug-likeness (QED) is 0.0272. The van der Waals surface area contributed by atoms with Gasteiger partial charge in [-0.25, -0.2) is 0 Å². The van der Waals surface area contributed by atoms with Crippen molar-refractivity contribution < 1.29 is 32.9 Å². The fraction of sp³-hybridized carbons (Fsp3) is 0.814. The number of aliphatic hydroxyl groups excluding tert-OH is 1. The van der Waals surface area contributed by atoms with E-state index < -0.39 is 20.0 Å². The molecule has 0 fully saturated rings. The number of phosphoric acid groups is 1. The molecule has 0 aromatic heterocycles. The van der Waals surface area contributed by atoms with Crippen molar-refractivity contribution in [3.63, 3.8) is 0 Å². The van der Waals surface area contributed by atoms with Crippen molar-refractivity contribution in [2.45, 2.75) is 328 Å². The summed E-state index contributed by atoms with van der Waals surface area (Å²) in [6, 6.07) is -0.816. The molecule has 0 aliphatic carbocycles.